The van der Waals surface area contributed by atoms with E-state index in [-0.39, 0.29) is 22.6 Å². The Kier molecular flexibility index (Phi) is 7.97. The van der Waals surface area contributed by atoms with Gasteiger partial charge in [-0.15, -0.1) is 6.42 Å². The summed E-state index contributed by atoms with van der Waals surface area (Å²) in [7, 11) is 1.51. The van der Waals surface area contributed by atoms with Crippen LogP contribution in [0.25, 0.3) is 0 Å². The molecular formula is C26H32ClN7O2. The number of anilines is 2. The molecular weight excluding hydrogens is 478 g/mol. The van der Waals surface area contributed by atoms with E-state index in [2.05, 4.69) is 37.9 Å². The standard InChI is InChI=1S/C26H32ClN7O2/c1-4-17-6-8-18(9-7-17)26(36)32-12-10-20(11-13-32)34-15-14-33(16-19(34)5-2)24-22(27)30-21(23(28)31-24)25(35)29-3/h1,6-9,19-20H,5,10-16H2,2-3H3,(H2,28,31)(H,29,35)/t19-/m0/s1. The molecule has 1 aromatic heterocycles. The number of piperidine rings is 1. The largest absolute Gasteiger partial charge is 0.382 e. The van der Waals surface area contributed by atoms with Gasteiger partial charge in [0.15, 0.2) is 22.5 Å². The van der Waals surface area contributed by atoms with Crippen molar-refractivity contribution in [1.82, 2.24) is 25.1 Å². The van der Waals surface area contributed by atoms with Gasteiger partial charge in [0.05, 0.1) is 0 Å². The molecule has 3 N–H and O–H groups in total. The van der Waals surface area contributed by atoms with E-state index in [1.165, 1.54) is 7.05 Å². The van der Waals surface area contributed by atoms with Crippen LogP contribution in [0.1, 0.15) is 52.6 Å². The summed E-state index contributed by atoms with van der Waals surface area (Å²) in [6, 6.07) is 7.94. The normalized spacial score (nSPS) is 19.1. The van der Waals surface area contributed by atoms with Gasteiger partial charge in [0.2, 0.25) is 0 Å². The summed E-state index contributed by atoms with van der Waals surface area (Å²) < 4.78 is 0. The second kappa shape index (κ2) is 11.1. The third kappa shape index (κ3) is 5.25. The summed E-state index contributed by atoms with van der Waals surface area (Å²) in [6.45, 7) is 5.95. The van der Waals surface area contributed by atoms with Crippen molar-refractivity contribution in [3.8, 4) is 12.3 Å². The molecule has 2 saturated heterocycles. The Labute approximate surface area is 217 Å². The zero-order chi connectivity index (χ0) is 25.8. The molecule has 1 atom stereocenters. The summed E-state index contributed by atoms with van der Waals surface area (Å²) >= 11 is 6.41. The Hall–Kier alpha value is -3.35. The van der Waals surface area contributed by atoms with Crippen LogP contribution >= 0.6 is 11.6 Å². The number of amides is 2. The maximum absolute atomic E-state index is 12.9. The van der Waals surface area contributed by atoms with Gasteiger partial charge in [-0.2, -0.15) is 0 Å². The van der Waals surface area contributed by atoms with Crippen molar-refractivity contribution in [2.75, 3.05) is 50.4 Å². The number of halogens is 1. The fourth-order valence-electron chi connectivity index (χ4n) is 5.10. The van der Waals surface area contributed by atoms with Crippen molar-refractivity contribution in [1.29, 1.82) is 0 Å². The van der Waals surface area contributed by atoms with E-state index in [9.17, 15) is 9.59 Å². The molecule has 0 unspecified atom stereocenters. The summed E-state index contributed by atoms with van der Waals surface area (Å²) in [4.78, 5) is 40.1. The smallest absolute Gasteiger partial charge is 0.273 e. The van der Waals surface area contributed by atoms with Crippen molar-refractivity contribution < 1.29 is 9.59 Å². The number of benzene rings is 1. The van der Waals surface area contributed by atoms with E-state index in [1.54, 1.807) is 12.1 Å². The van der Waals surface area contributed by atoms with E-state index < -0.39 is 5.91 Å². The average Bonchev–Trinajstić information content (AvgIpc) is 2.93. The molecule has 0 saturated carbocycles. The number of hydrogen-bond donors (Lipinski definition) is 2. The Morgan fingerprint density at radius 3 is 2.47 bits per heavy atom. The average molecular weight is 510 g/mol. The van der Waals surface area contributed by atoms with Crippen molar-refractivity contribution >= 4 is 35.1 Å². The monoisotopic (exact) mass is 509 g/mol. The zero-order valence-corrected chi connectivity index (χ0v) is 21.5. The van der Waals surface area contributed by atoms with Crippen molar-refractivity contribution in [2.45, 2.75) is 38.3 Å². The number of likely N-dealkylation sites (tertiary alicyclic amines) is 1. The fourth-order valence-corrected chi connectivity index (χ4v) is 5.35. The van der Waals surface area contributed by atoms with Crippen LogP contribution in [0, 0.1) is 12.3 Å². The number of carbonyl (C=O) groups is 2. The molecule has 2 aliphatic heterocycles. The van der Waals surface area contributed by atoms with Crippen molar-refractivity contribution in [3.63, 3.8) is 0 Å². The number of nitrogens with zero attached hydrogens (tertiary/aromatic N) is 5. The highest BCUT2D eigenvalue weighted by molar-refractivity contribution is 6.32. The van der Waals surface area contributed by atoms with Gasteiger partial charge >= 0.3 is 0 Å². The maximum atomic E-state index is 12.9. The van der Waals surface area contributed by atoms with E-state index in [1.807, 2.05) is 17.0 Å². The number of rotatable bonds is 5. The van der Waals surface area contributed by atoms with Gasteiger partial charge in [-0.05, 0) is 43.5 Å². The Morgan fingerprint density at radius 1 is 1.17 bits per heavy atom. The van der Waals surface area contributed by atoms with Gasteiger partial charge in [-0.3, -0.25) is 14.5 Å². The van der Waals surface area contributed by atoms with Gasteiger partial charge < -0.3 is 20.9 Å². The maximum Gasteiger partial charge on any atom is 0.273 e. The molecule has 0 aliphatic carbocycles. The predicted octanol–water partition coefficient (Wildman–Crippen LogP) is 2.26. The number of carbonyl (C=O) groups excluding carboxylic acids is 2. The lowest BCUT2D eigenvalue weighted by Crippen LogP contribution is -2.58. The van der Waals surface area contributed by atoms with Crippen LogP contribution in [-0.4, -0.2) is 83.4 Å². The Bertz CT molecular complexity index is 1160. The third-order valence-corrected chi connectivity index (χ3v) is 7.38. The molecule has 4 rings (SSSR count). The molecule has 2 fully saturated rings. The van der Waals surface area contributed by atoms with Crippen LogP contribution < -0.4 is 16.0 Å². The van der Waals surface area contributed by atoms with Gasteiger partial charge in [0.1, 0.15) is 0 Å². The molecule has 0 radical (unpaired) electrons. The van der Waals surface area contributed by atoms with Crippen LogP contribution in [0.15, 0.2) is 24.3 Å². The lowest BCUT2D eigenvalue weighted by Gasteiger charge is -2.47. The molecule has 2 aliphatic rings. The molecule has 2 amide bonds. The lowest BCUT2D eigenvalue weighted by atomic mass is 9.97. The van der Waals surface area contributed by atoms with Gasteiger partial charge in [-0.25, -0.2) is 9.97 Å². The summed E-state index contributed by atoms with van der Waals surface area (Å²) in [5.74, 6) is 2.80. The quantitative estimate of drug-likeness (QED) is 0.595. The number of nitrogens with one attached hydrogen (secondary N) is 1. The van der Waals surface area contributed by atoms with E-state index in [4.69, 9.17) is 23.8 Å². The summed E-state index contributed by atoms with van der Waals surface area (Å²) in [6.07, 6.45) is 8.24. The first-order valence-electron chi connectivity index (χ1n) is 12.3. The van der Waals surface area contributed by atoms with Crippen LogP contribution in [0.5, 0.6) is 0 Å². The molecule has 10 heteroatoms. The minimum absolute atomic E-state index is 0.0326. The van der Waals surface area contributed by atoms with Crippen LogP contribution in [0.4, 0.5) is 11.6 Å². The van der Waals surface area contributed by atoms with E-state index >= 15 is 0 Å². The molecule has 0 bridgehead atoms. The van der Waals surface area contributed by atoms with Crippen molar-refractivity contribution in [2.24, 2.45) is 0 Å². The zero-order valence-electron chi connectivity index (χ0n) is 20.7. The Balaban J connectivity index is 1.38. The summed E-state index contributed by atoms with van der Waals surface area (Å²) in [5, 5.41) is 2.67. The second-order valence-electron chi connectivity index (χ2n) is 9.14. The number of aromatic nitrogens is 2. The minimum Gasteiger partial charge on any atom is -0.382 e. The number of piperazine rings is 1. The van der Waals surface area contributed by atoms with Crippen molar-refractivity contribution in [3.05, 3.63) is 46.2 Å². The van der Waals surface area contributed by atoms with Gasteiger partial charge in [0.25, 0.3) is 11.8 Å². The van der Waals surface area contributed by atoms with E-state index in [0.717, 1.165) is 57.5 Å². The summed E-state index contributed by atoms with van der Waals surface area (Å²) in [5.41, 5.74) is 7.48. The lowest BCUT2D eigenvalue weighted by molar-refractivity contribution is 0.0490. The van der Waals surface area contributed by atoms with Gasteiger partial charge in [-0.1, -0.05) is 24.4 Å². The molecule has 190 valence electrons. The molecule has 3 heterocycles. The second-order valence-corrected chi connectivity index (χ2v) is 9.50. The highest BCUT2D eigenvalue weighted by Crippen LogP contribution is 2.30. The first-order chi connectivity index (χ1) is 17.4. The first kappa shape index (κ1) is 25.7. The Morgan fingerprint density at radius 2 is 1.86 bits per heavy atom. The predicted molar refractivity (Wildman–Crippen MR) is 141 cm³/mol. The molecule has 9 nitrogen and oxygen atoms in total. The number of hydrogen-bond acceptors (Lipinski definition) is 7. The highest BCUT2D eigenvalue weighted by Gasteiger charge is 2.35. The third-order valence-electron chi connectivity index (χ3n) is 7.12. The van der Waals surface area contributed by atoms with E-state index in [0.29, 0.717) is 23.5 Å². The molecule has 1 aromatic carbocycles. The topological polar surface area (TPSA) is 108 Å². The molecule has 2 aromatic rings. The minimum atomic E-state index is -0.417. The number of nitrogens with two attached hydrogens (primary N) is 1. The van der Waals surface area contributed by atoms with Crippen LogP contribution in [0.3, 0.4) is 0 Å². The number of terminal acetylenes is 1. The highest BCUT2D eigenvalue weighted by atomic mass is 35.5. The van der Waals surface area contributed by atoms with Crippen LogP contribution in [-0.2, 0) is 0 Å². The van der Waals surface area contributed by atoms with Gasteiger partial charge in [0, 0.05) is 63.0 Å². The SMILES string of the molecule is C#Cc1ccc(C(=O)N2CCC(N3CCN(c4nc(N)c(C(=O)NC)nc4Cl)C[C@@H]3CC)CC2)cc1. The van der Waals surface area contributed by atoms with Crippen LogP contribution in [0.2, 0.25) is 5.15 Å². The first-order valence-corrected chi connectivity index (χ1v) is 12.7. The molecule has 36 heavy (non-hydrogen) atoms. The molecule has 0 spiro atoms. The number of nitrogen functional groups attached to an aromatic ring is 1. The fraction of sp³-hybridized carbons (Fsp3) is 0.462.